The third-order valence-corrected chi connectivity index (χ3v) is 2.80. The van der Waals surface area contributed by atoms with Gasteiger partial charge in [0.2, 0.25) is 0 Å². The van der Waals surface area contributed by atoms with Crippen molar-refractivity contribution in [1.29, 1.82) is 0 Å². The van der Waals surface area contributed by atoms with E-state index >= 15 is 0 Å². The van der Waals surface area contributed by atoms with Crippen LogP contribution < -0.4 is 4.74 Å². The van der Waals surface area contributed by atoms with Crippen LogP contribution >= 0.6 is 0 Å². The van der Waals surface area contributed by atoms with Crippen LogP contribution in [0.25, 0.3) is 0 Å². The van der Waals surface area contributed by atoms with Crippen LogP contribution in [-0.2, 0) is 6.54 Å². The van der Waals surface area contributed by atoms with Gasteiger partial charge in [-0.2, -0.15) is 0 Å². The van der Waals surface area contributed by atoms with Crippen LogP contribution in [0, 0.1) is 6.92 Å². The molecule has 5 nitrogen and oxygen atoms in total. The molecule has 0 radical (unpaired) electrons. The van der Waals surface area contributed by atoms with Gasteiger partial charge in [0.1, 0.15) is 17.3 Å². The van der Waals surface area contributed by atoms with Crippen molar-refractivity contribution in [2.45, 2.75) is 13.5 Å². The standard InChI is InChI=1S/C13H14N2O3/c1-9-14-7-11(13(16)17)15(9)8-10-5-3-4-6-12(10)18-2/h3-7H,8H2,1-2H3,(H,16,17). The van der Waals surface area contributed by atoms with E-state index in [1.165, 1.54) is 6.20 Å². The fourth-order valence-corrected chi connectivity index (χ4v) is 1.84. The van der Waals surface area contributed by atoms with E-state index in [9.17, 15) is 4.79 Å². The van der Waals surface area contributed by atoms with Gasteiger partial charge in [0, 0.05) is 5.56 Å². The maximum absolute atomic E-state index is 11.1. The van der Waals surface area contributed by atoms with Crippen molar-refractivity contribution in [2.24, 2.45) is 0 Å². The van der Waals surface area contributed by atoms with Crippen molar-refractivity contribution in [3.05, 3.63) is 47.5 Å². The Balaban J connectivity index is 2.39. The van der Waals surface area contributed by atoms with E-state index in [0.29, 0.717) is 12.4 Å². The summed E-state index contributed by atoms with van der Waals surface area (Å²) in [5, 5.41) is 9.09. The molecule has 0 aliphatic rings. The van der Waals surface area contributed by atoms with E-state index in [1.54, 1.807) is 18.6 Å². The van der Waals surface area contributed by atoms with Crippen molar-refractivity contribution < 1.29 is 14.6 Å². The second-order valence-corrected chi connectivity index (χ2v) is 3.89. The molecule has 0 aliphatic carbocycles. The molecule has 0 bridgehead atoms. The van der Waals surface area contributed by atoms with Gasteiger partial charge >= 0.3 is 5.97 Å². The topological polar surface area (TPSA) is 64.3 Å². The average molecular weight is 246 g/mol. The second-order valence-electron chi connectivity index (χ2n) is 3.89. The summed E-state index contributed by atoms with van der Waals surface area (Å²) in [5.74, 6) is 0.422. The molecule has 94 valence electrons. The largest absolute Gasteiger partial charge is 0.496 e. The van der Waals surface area contributed by atoms with Crippen molar-refractivity contribution in [3.63, 3.8) is 0 Å². The quantitative estimate of drug-likeness (QED) is 0.895. The van der Waals surface area contributed by atoms with Gasteiger partial charge in [0.25, 0.3) is 0 Å². The summed E-state index contributed by atoms with van der Waals surface area (Å²) in [6.07, 6.45) is 1.37. The first-order chi connectivity index (χ1) is 8.63. The summed E-state index contributed by atoms with van der Waals surface area (Å²) in [5.41, 5.74) is 1.10. The minimum absolute atomic E-state index is 0.179. The van der Waals surface area contributed by atoms with Crippen LogP contribution in [0.15, 0.2) is 30.5 Å². The Kier molecular flexibility index (Phi) is 3.32. The van der Waals surface area contributed by atoms with Crippen molar-refractivity contribution in [2.75, 3.05) is 7.11 Å². The lowest BCUT2D eigenvalue weighted by Gasteiger charge is -2.11. The maximum Gasteiger partial charge on any atom is 0.354 e. The number of carboxylic acids is 1. The molecule has 18 heavy (non-hydrogen) atoms. The molecule has 0 spiro atoms. The number of benzene rings is 1. The molecule has 1 heterocycles. The number of hydrogen-bond donors (Lipinski definition) is 1. The molecule has 1 aromatic heterocycles. The van der Waals surface area contributed by atoms with Gasteiger partial charge in [0.05, 0.1) is 19.9 Å². The van der Waals surface area contributed by atoms with Crippen molar-refractivity contribution in [3.8, 4) is 5.75 Å². The second kappa shape index (κ2) is 4.91. The van der Waals surface area contributed by atoms with E-state index in [1.807, 2.05) is 24.3 Å². The van der Waals surface area contributed by atoms with Crippen LogP contribution in [0.1, 0.15) is 21.9 Å². The maximum atomic E-state index is 11.1. The molecule has 2 aromatic rings. The number of para-hydroxylation sites is 1. The minimum Gasteiger partial charge on any atom is -0.496 e. The summed E-state index contributed by atoms with van der Waals surface area (Å²) in [4.78, 5) is 15.1. The summed E-state index contributed by atoms with van der Waals surface area (Å²) in [6, 6.07) is 7.53. The smallest absolute Gasteiger partial charge is 0.354 e. The zero-order valence-corrected chi connectivity index (χ0v) is 10.3. The first-order valence-corrected chi connectivity index (χ1v) is 5.50. The molecule has 0 amide bonds. The monoisotopic (exact) mass is 246 g/mol. The van der Waals surface area contributed by atoms with E-state index in [4.69, 9.17) is 9.84 Å². The first-order valence-electron chi connectivity index (χ1n) is 5.50. The molecule has 0 saturated heterocycles. The minimum atomic E-state index is -0.981. The number of hydrogen-bond acceptors (Lipinski definition) is 3. The van der Waals surface area contributed by atoms with Crippen LogP contribution in [0.2, 0.25) is 0 Å². The lowest BCUT2D eigenvalue weighted by atomic mass is 10.2. The SMILES string of the molecule is COc1ccccc1Cn1c(C(=O)O)cnc1C. The van der Waals surface area contributed by atoms with Gasteiger partial charge in [-0.05, 0) is 13.0 Å². The number of imidazole rings is 1. The summed E-state index contributed by atoms with van der Waals surface area (Å²) < 4.78 is 6.91. The zero-order valence-electron chi connectivity index (χ0n) is 10.3. The molecule has 1 N–H and O–H groups in total. The van der Waals surface area contributed by atoms with E-state index in [2.05, 4.69) is 4.98 Å². The Morgan fingerprint density at radius 1 is 1.44 bits per heavy atom. The highest BCUT2D eigenvalue weighted by molar-refractivity contribution is 5.85. The Bertz CT molecular complexity index is 575. The number of rotatable bonds is 4. The van der Waals surface area contributed by atoms with Gasteiger partial charge in [-0.15, -0.1) is 0 Å². The molecule has 0 saturated carbocycles. The molecular formula is C13H14N2O3. The van der Waals surface area contributed by atoms with Gasteiger partial charge in [-0.25, -0.2) is 9.78 Å². The third kappa shape index (κ3) is 2.20. The molecule has 2 rings (SSSR count). The number of methoxy groups -OCH3 is 1. The van der Waals surface area contributed by atoms with E-state index < -0.39 is 5.97 Å². The number of carboxylic acid groups (broad SMARTS) is 1. The Labute approximate surface area is 105 Å². The highest BCUT2D eigenvalue weighted by Gasteiger charge is 2.14. The number of carbonyl (C=O) groups is 1. The first kappa shape index (κ1) is 12.2. The highest BCUT2D eigenvalue weighted by Crippen LogP contribution is 2.20. The normalized spacial score (nSPS) is 10.3. The number of aromatic carboxylic acids is 1. The van der Waals surface area contributed by atoms with E-state index in [0.717, 1.165) is 11.3 Å². The summed E-state index contributed by atoms with van der Waals surface area (Å²) in [6.45, 7) is 2.21. The van der Waals surface area contributed by atoms with Crippen molar-refractivity contribution >= 4 is 5.97 Å². The predicted molar refractivity (Wildman–Crippen MR) is 66.0 cm³/mol. The molecule has 1 aromatic carbocycles. The molecule has 0 fully saturated rings. The highest BCUT2D eigenvalue weighted by atomic mass is 16.5. The molecule has 0 aliphatic heterocycles. The summed E-state index contributed by atoms with van der Waals surface area (Å²) in [7, 11) is 1.59. The van der Waals surface area contributed by atoms with Gasteiger partial charge in [-0.1, -0.05) is 18.2 Å². The third-order valence-electron chi connectivity index (χ3n) is 2.80. The Morgan fingerprint density at radius 3 is 2.83 bits per heavy atom. The lowest BCUT2D eigenvalue weighted by Crippen LogP contribution is -2.11. The number of aryl methyl sites for hydroxylation is 1. The van der Waals surface area contributed by atoms with Gasteiger partial charge < -0.3 is 14.4 Å². The summed E-state index contributed by atoms with van der Waals surface area (Å²) >= 11 is 0. The Morgan fingerprint density at radius 2 is 2.17 bits per heavy atom. The van der Waals surface area contributed by atoms with Gasteiger partial charge in [0.15, 0.2) is 0 Å². The molecular weight excluding hydrogens is 232 g/mol. The fraction of sp³-hybridized carbons (Fsp3) is 0.231. The molecule has 5 heteroatoms. The van der Waals surface area contributed by atoms with Crippen molar-refractivity contribution in [1.82, 2.24) is 9.55 Å². The average Bonchev–Trinajstić information content (AvgIpc) is 2.72. The van der Waals surface area contributed by atoms with Crippen LogP contribution in [0.4, 0.5) is 0 Å². The predicted octanol–water partition coefficient (Wildman–Crippen LogP) is 1.95. The van der Waals surface area contributed by atoms with Crippen LogP contribution in [-0.4, -0.2) is 27.7 Å². The van der Waals surface area contributed by atoms with Gasteiger partial charge in [-0.3, -0.25) is 0 Å². The number of ether oxygens (including phenoxy) is 1. The Hall–Kier alpha value is -2.30. The van der Waals surface area contributed by atoms with E-state index in [-0.39, 0.29) is 5.69 Å². The fourth-order valence-electron chi connectivity index (χ4n) is 1.84. The van der Waals surface area contributed by atoms with Crippen LogP contribution in [0.3, 0.4) is 0 Å². The number of nitrogens with zero attached hydrogens (tertiary/aromatic N) is 2. The lowest BCUT2D eigenvalue weighted by molar-refractivity contribution is 0.0685. The van der Waals surface area contributed by atoms with Crippen LogP contribution in [0.5, 0.6) is 5.75 Å². The molecule has 0 atom stereocenters. The molecule has 0 unspecified atom stereocenters. The zero-order chi connectivity index (χ0) is 13.1. The number of aromatic nitrogens is 2.